The first kappa shape index (κ1) is 51.9. The Morgan fingerprint density at radius 2 is 0.690 bits per heavy atom. The lowest BCUT2D eigenvalue weighted by atomic mass is 9.71. The molecule has 0 spiro atoms. The summed E-state index contributed by atoms with van der Waals surface area (Å²) in [5.74, 6) is 0. The summed E-state index contributed by atoms with van der Waals surface area (Å²) in [6, 6.07) is 85.4. The summed E-state index contributed by atoms with van der Waals surface area (Å²) in [4.78, 5) is 4.99. The van der Waals surface area contributed by atoms with Crippen molar-refractivity contribution >= 4 is 57.0 Å². The van der Waals surface area contributed by atoms with Crippen molar-refractivity contribution in [3.8, 4) is 44.5 Å². The molecule has 0 atom stereocenters. The Kier molecular flexibility index (Phi) is 11.3. The fraction of sp³-hybridized carbons (Fsp3) is 0.195. The lowest BCUT2D eigenvalue weighted by Gasteiger charge is -2.43. The smallest absolute Gasteiger partial charge is 0.0506 e. The minimum Gasteiger partial charge on any atom is -0.310 e. The highest BCUT2D eigenvalue weighted by atomic mass is 15.2. The first-order valence-electron chi connectivity index (χ1n) is 30.2. The van der Waals surface area contributed by atoms with Crippen molar-refractivity contribution in [1.82, 2.24) is 0 Å². The minimum atomic E-state index is -0.186. The molecule has 0 amide bonds. The number of hydrogen-bond donors (Lipinski definition) is 0. The number of anilines is 6. The van der Waals surface area contributed by atoms with E-state index in [0.717, 1.165) is 0 Å². The number of rotatable bonds is 6. The normalized spacial score (nSPS) is 16.1. The molecule has 0 N–H and O–H groups in total. The monoisotopic (exact) mass is 1080 g/mol. The summed E-state index contributed by atoms with van der Waals surface area (Å²) < 4.78 is 0. The van der Waals surface area contributed by atoms with Crippen LogP contribution in [0.3, 0.4) is 0 Å². The average Bonchev–Trinajstić information content (AvgIpc) is 1.63. The number of para-hydroxylation sites is 3. The van der Waals surface area contributed by atoms with Gasteiger partial charge in [0.15, 0.2) is 0 Å². The topological polar surface area (TPSA) is 6.48 Å². The molecular formula is C82H72N2. The maximum Gasteiger partial charge on any atom is 0.0506 e. The third-order valence-electron chi connectivity index (χ3n) is 20.0. The van der Waals surface area contributed by atoms with Crippen LogP contribution in [0.5, 0.6) is 0 Å². The third-order valence-corrected chi connectivity index (χ3v) is 20.0. The van der Waals surface area contributed by atoms with E-state index in [4.69, 9.17) is 0 Å². The largest absolute Gasteiger partial charge is 0.310 e. The predicted octanol–water partition coefficient (Wildman–Crippen LogP) is 22.5. The Balaban J connectivity index is 0.678. The van der Waals surface area contributed by atoms with E-state index in [9.17, 15) is 0 Å². The van der Waals surface area contributed by atoms with Crippen LogP contribution < -0.4 is 9.80 Å². The van der Waals surface area contributed by atoms with Crippen LogP contribution in [0.15, 0.2) is 224 Å². The summed E-state index contributed by atoms with van der Waals surface area (Å²) in [6.45, 7) is 26.1. The molecule has 15 rings (SSSR count). The van der Waals surface area contributed by atoms with E-state index in [2.05, 4.69) is 323 Å². The molecular weight excluding hydrogens is 1010 g/mol. The SMILES string of the molecule is CC(C)(C)c1ccc(N2c3ccccc3C(C)(C)c3cc4c(cc32)C(C)(C)c2cc(-c3ccc(/C=C/c5ccc6cc(-c7ccc8c(c7)C(C)(C)c7cc9c(cc7-8)C(C)(C)c7ccccc7N9c7ccccc7)ccc6c5)cc3)ccc2-4)cc1. The van der Waals surface area contributed by atoms with E-state index in [1.807, 2.05) is 0 Å². The zero-order chi connectivity index (χ0) is 57.8. The highest BCUT2D eigenvalue weighted by Crippen LogP contribution is 2.60. The van der Waals surface area contributed by atoms with Crippen LogP contribution in [-0.2, 0) is 27.1 Å². The average molecular weight is 1090 g/mol. The van der Waals surface area contributed by atoms with Crippen LogP contribution in [-0.4, -0.2) is 0 Å². The van der Waals surface area contributed by atoms with Crippen molar-refractivity contribution in [1.29, 1.82) is 0 Å². The molecule has 0 bridgehead atoms. The Morgan fingerprint density at radius 3 is 1.24 bits per heavy atom. The van der Waals surface area contributed by atoms with E-state index < -0.39 is 0 Å². The lowest BCUT2D eigenvalue weighted by Crippen LogP contribution is -2.31. The van der Waals surface area contributed by atoms with E-state index in [1.54, 1.807) is 0 Å². The molecule has 2 heterocycles. The van der Waals surface area contributed by atoms with Gasteiger partial charge in [-0.3, -0.25) is 0 Å². The zero-order valence-electron chi connectivity index (χ0n) is 50.4. The van der Waals surface area contributed by atoms with Crippen LogP contribution in [0.25, 0.3) is 67.4 Å². The van der Waals surface area contributed by atoms with Gasteiger partial charge in [-0.15, -0.1) is 0 Å². The first-order chi connectivity index (χ1) is 40.3. The van der Waals surface area contributed by atoms with Gasteiger partial charge in [0.05, 0.1) is 22.7 Å². The Bertz CT molecular complexity index is 4560. The Morgan fingerprint density at radius 1 is 0.286 bits per heavy atom. The van der Waals surface area contributed by atoms with Gasteiger partial charge in [0.1, 0.15) is 0 Å². The number of nitrogens with zero attached hydrogens (tertiary/aromatic N) is 2. The molecule has 4 aliphatic rings. The van der Waals surface area contributed by atoms with Gasteiger partial charge in [-0.2, -0.15) is 0 Å². The third kappa shape index (κ3) is 7.82. The molecule has 11 aromatic rings. The Hall–Kier alpha value is -8.98. The zero-order valence-corrected chi connectivity index (χ0v) is 50.4. The first-order valence-corrected chi connectivity index (χ1v) is 30.2. The van der Waals surface area contributed by atoms with Crippen molar-refractivity contribution in [3.63, 3.8) is 0 Å². The molecule has 0 aromatic heterocycles. The van der Waals surface area contributed by atoms with E-state index in [0.29, 0.717) is 0 Å². The van der Waals surface area contributed by atoms with Gasteiger partial charge in [-0.05, 0) is 207 Å². The number of benzene rings is 11. The van der Waals surface area contributed by atoms with Crippen molar-refractivity contribution in [2.75, 3.05) is 9.80 Å². The molecule has 0 radical (unpaired) electrons. The molecule has 2 heteroatoms. The van der Waals surface area contributed by atoms with Gasteiger partial charge < -0.3 is 9.80 Å². The summed E-state index contributed by atoms with van der Waals surface area (Å²) in [5.41, 5.74) is 31.8. The summed E-state index contributed by atoms with van der Waals surface area (Å²) in [7, 11) is 0. The summed E-state index contributed by atoms with van der Waals surface area (Å²) in [6.07, 6.45) is 4.49. The van der Waals surface area contributed by atoms with Crippen LogP contribution in [0.2, 0.25) is 0 Å². The highest BCUT2D eigenvalue weighted by molar-refractivity contribution is 5.96. The van der Waals surface area contributed by atoms with Crippen molar-refractivity contribution < 1.29 is 0 Å². The van der Waals surface area contributed by atoms with Crippen LogP contribution in [0.1, 0.15) is 137 Å². The molecule has 0 unspecified atom stereocenters. The maximum absolute atomic E-state index is 2.52. The van der Waals surface area contributed by atoms with Gasteiger partial charge in [0.25, 0.3) is 0 Å². The molecule has 0 fully saturated rings. The van der Waals surface area contributed by atoms with E-state index in [-0.39, 0.29) is 27.1 Å². The van der Waals surface area contributed by atoms with E-state index in [1.165, 1.54) is 151 Å². The summed E-state index contributed by atoms with van der Waals surface area (Å²) in [5, 5.41) is 2.48. The van der Waals surface area contributed by atoms with E-state index >= 15 is 0 Å². The fourth-order valence-corrected chi connectivity index (χ4v) is 15.0. The van der Waals surface area contributed by atoms with Crippen LogP contribution in [0.4, 0.5) is 34.1 Å². The van der Waals surface area contributed by atoms with Crippen molar-refractivity contribution in [2.24, 2.45) is 0 Å². The minimum absolute atomic E-state index is 0.0849. The molecule has 0 saturated heterocycles. The molecule has 11 aromatic carbocycles. The number of fused-ring (bicyclic) bond motifs is 11. The van der Waals surface area contributed by atoms with Crippen LogP contribution >= 0.6 is 0 Å². The molecule has 2 aliphatic carbocycles. The molecule has 2 aliphatic heterocycles. The molecule has 84 heavy (non-hydrogen) atoms. The van der Waals surface area contributed by atoms with Gasteiger partial charge in [0.2, 0.25) is 0 Å². The maximum atomic E-state index is 2.52. The van der Waals surface area contributed by atoms with Crippen molar-refractivity contribution in [2.45, 2.75) is 103 Å². The molecule has 410 valence electrons. The highest BCUT2D eigenvalue weighted by Gasteiger charge is 2.44. The van der Waals surface area contributed by atoms with Crippen LogP contribution in [0, 0.1) is 0 Å². The van der Waals surface area contributed by atoms with Gasteiger partial charge in [-0.25, -0.2) is 0 Å². The summed E-state index contributed by atoms with van der Waals surface area (Å²) >= 11 is 0. The second-order valence-electron chi connectivity index (χ2n) is 27.5. The standard InChI is InChI=1S/C82H72N2/c1-78(2,3)59-37-39-61(40-38-59)84-75-24-18-16-22-67(75)80(6,7)73-48-64-62-41-35-57(45-68(62)81(8,9)71(64)50-77(73)84)53-30-27-51(28-31-53)25-26-52-29-32-55-44-56(34-33-54(55)43-52)58-36-42-63-65-47-72-76(49-70(65)82(10,11)69(63)46-58)83(60-19-13-12-14-20-60)74-23-17-15-21-66(74)79(72,4)5/h12-50H,1-11H3/b26-25+. The lowest BCUT2D eigenvalue weighted by molar-refractivity contribution is 0.590. The second kappa shape index (κ2) is 18.3. The van der Waals surface area contributed by atoms with Gasteiger partial charge in [0, 0.05) is 33.0 Å². The Labute approximate surface area is 497 Å². The fourth-order valence-electron chi connectivity index (χ4n) is 15.0. The predicted molar refractivity (Wildman–Crippen MR) is 358 cm³/mol. The van der Waals surface area contributed by atoms with Crippen molar-refractivity contribution in [3.05, 3.63) is 286 Å². The molecule has 2 nitrogen and oxygen atoms in total. The van der Waals surface area contributed by atoms with Gasteiger partial charge >= 0.3 is 0 Å². The quantitative estimate of drug-likeness (QED) is 0.153. The second-order valence-corrected chi connectivity index (χ2v) is 27.5. The number of hydrogen-bond acceptors (Lipinski definition) is 2. The van der Waals surface area contributed by atoms with Gasteiger partial charge in [-0.1, -0.05) is 228 Å². The molecule has 0 saturated carbocycles.